The number of amides is 4. The minimum atomic E-state index is -5.22. The van der Waals surface area contributed by atoms with E-state index < -0.39 is 99.9 Å². The molecule has 0 aliphatic carbocycles. The molecule has 4 amide bonds. The number of hydrogen-bond acceptors (Lipinski definition) is 13. The SMILES string of the molecule is CCS(=O)(=O)NC(=O)C1CCN(C(=O)C=Cc2ccc(Sc3ccc(C=CC(=O)N4CCC(C(=O)NS(=O)(=O)CC)CC4)c(-c4ccc5c(c4)CCOO5)c3C(F)(F)F)c(C(F)(F)F)c2-c2ccc3c(c2)CCOO3)CC1. The van der Waals surface area contributed by atoms with Crippen molar-refractivity contribution in [2.24, 2.45) is 11.8 Å². The lowest BCUT2D eigenvalue weighted by Gasteiger charge is -2.30. The van der Waals surface area contributed by atoms with Crippen LogP contribution in [0, 0.1) is 11.8 Å². The van der Waals surface area contributed by atoms with E-state index in [1.807, 2.05) is 9.44 Å². The van der Waals surface area contributed by atoms with Crippen LogP contribution < -0.4 is 19.2 Å². The van der Waals surface area contributed by atoms with Gasteiger partial charge in [0.25, 0.3) is 0 Å². The molecule has 0 spiro atoms. The highest BCUT2D eigenvalue weighted by atomic mass is 32.2. The Morgan fingerprint density at radius 1 is 0.597 bits per heavy atom. The average molecular weight is 1140 g/mol. The molecule has 0 unspecified atom stereocenters. The predicted molar refractivity (Wildman–Crippen MR) is 270 cm³/mol. The van der Waals surface area contributed by atoms with E-state index in [9.17, 15) is 36.0 Å². The van der Waals surface area contributed by atoms with E-state index in [0.717, 1.165) is 24.3 Å². The second-order valence-electron chi connectivity index (χ2n) is 18.5. The molecule has 412 valence electrons. The van der Waals surface area contributed by atoms with Gasteiger partial charge in [-0.15, -0.1) is 0 Å². The summed E-state index contributed by atoms with van der Waals surface area (Å²) >= 11 is 0.227. The molecule has 4 heterocycles. The Morgan fingerprint density at radius 2 is 0.974 bits per heavy atom. The lowest BCUT2D eigenvalue weighted by molar-refractivity contribution is -0.215. The summed E-state index contributed by atoms with van der Waals surface area (Å²) in [6, 6.07) is 13.0. The van der Waals surface area contributed by atoms with Crippen molar-refractivity contribution in [3.63, 3.8) is 0 Å². The molecule has 4 aromatic rings. The van der Waals surface area contributed by atoms with E-state index in [4.69, 9.17) is 19.6 Å². The van der Waals surface area contributed by atoms with Crippen LogP contribution in [0.25, 0.3) is 34.4 Å². The molecule has 0 aromatic heterocycles. The monoisotopic (exact) mass is 1130 g/mol. The van der Waals surface area contributed by atoms with Gasteiger partial charge in [-0.1, -0.05) is 36.0 Å². The molecule has 25 heteroatoms. The van der Waals surface area contributed by atoms with Gasteiger partial charge in [-0.25, -0.2) is 16.8 Å². The molecule has 4 aliphatic rings. The minimum absolute atomic E-state index is 0.00376. The van der Waals surface area contributed by atoms with Gasteiger partial charge >= 0.3 is 12.4 Å². The third-order valence-corrected chi connectivity index (χ3v) is 17.2. The number of hydrogen-bond donors (Lipinski definition) is 2. The number of nitrogens with zero attached hydrogens (tertiary/aromatic N) is 2. The summed E-state index contributed by atoms with van der Waals surface area (Å²) in [5, 5.41) is 0. The van der Waals surface area contributed by atoms with Gasteiger partial charge in [-0.2, -0.15) is 36.1 Å². The summed E-state index contributed by atoms with van der Waals surface area (Å²) < 4.78 is 148. The number of benzene rings is 4. The number of piperidine rings is 2. The number of halogens is 6. The number of fused-ring (bicyclic) bond motifs is 2. The summed E-state index contributed by atoms with van der Waals surface area (Å²) in [6.07, 6.45) is -4.98. The summed E-state index contributed by atoms with van der Waals surface area (Å²) in [5.41, 5.74) is -2.76. The fourth-order valence-corrected chi connectivity index (χ4v) is 11.7. The second-order valence-corrected chi connectivity index (χ2v) is 23.6. The first-order valence-electron chi connectivity index (χ1n) is 24.5. The van der Waals surface area contributed by atoms with E-state index >= 15 is 26.3 Å². The van der Waals surface area contributed by atoms with Gasteiger partial charge in [-0.05, 0) is 110 Å². The highest BCUT2D eigenvalue weighted by Gasteiger charge is 2.42. The van der Waals surface area contributed by atoms with Crippen LogP contribution in [-0.4, -0.2) is 101 Å². The van der Waals surface area contributed by atoms with Crippen molar-refractivity contribution in [2.75, 3.05) is 50.9 Å². The maximum Gasteiger partial charge on any atom is 0.418 e. The summed E-state index contributed by atoms with van der Waals surface area (Å²) in [6.45, 7) is 3.05. The van der Waals surface area contributed by atoms with Crippen LogP contribution in [0.1, 0.15) is 72.9 Å². The highest BCUT2D eigenvalue weighted by molar-refractivity contribution is 7.99. The third kappa shape index (κ3) is 13.5. The largest absolute Gasteiger partial charge is 0.418 e. The molecule has 16 nitrogen and oxygen atoms in total. The maximum atomic E-state index is 15.9. The average Bonchev–Trinajstić information content (AvgIpc) is 3.43. The van der Waals surface area contributed by atoms with E-state index in [1.165, 1.54) is 84.3 Å². The topological polar surface area (TPSA) is 204 Å². The Balaban J connectivity index is 1.17. The molecule has 0 saturated carbocycles. The van der Waals surface area contributed by atoms with Crippen molar-refractivity contribution in [2.45, 2.75) is 74.5 Å². The summed E-state index contributed by atoms with van der Waals surface area (Å²) in [4.78, 5) is 74.5. The van der Waals surface area contributed by atoms with E-state index in [0.29, 0.717) is 11.1 Å². The first-order chi connectivity index (χ1) is 36.4. The highest BCUT2D eigenvalue weighted by Crippen LogP contribution is 2.52. The number of rotatable bonds is 14. The molecule has 77 heavy (non-hydrogen) atoms. The van der Waals surface area contributed by atoms with Crippen molar-refractivity contribution in [3.8, 4) is 33.8 Å². The number of nitrogens with one attached hydrogen (secondary N) is 2. The minimum Gasteiger partial charge on any atom is -0.339 e. The maximum absolute atomic E-state index is 15.9. The van der Waals surface area contributed by atoms with Gasteiger partial charge in [0.1, 0.15) is 0 Å². The Hall–Kier alpha value is -6.41. The van der Waals surface area contributed by atoms with E-state index in [1.54, 1.807) is 0 Å². The van der Waals surface area contributed by atoms with Crippen LogP contribution in [0.5, 0.6) is 11.5 Å². The zero-order chi connectivity index (χ0) is 55.5. The molecule has 0 bridgehead atoms. The Bertz CT molecular complexity index is 3030. The third-order valence-electron chi connectivity index (χ3n) is 13.5. The van der Waals surface area contributed by atoms with E-state index in [-0.39, 0.29) is 135 Å². The zero-order valence-corrected chi connectivity index (χ0v) is 43.9. The Labute approximate surface area is 444 Å². The molecule has 2 fully saturated rings. The fraction of sp³-hybridized carbons (Fsp3) is 0.385. The molecule has 4 aromatic carbocycles. The van der Waals surface area contributed by atoms with E-state index in [2.05, 4.69) is 0 Å². The number of carbonyl (C=O) groups is 4. The zero-order valence-electron chi connectivity index (χ0n) is 41.4. The molecule has 0 radical (unpaired) electrons. The molecule has 8 rings (SSSR count). The molecule has 2 saturated heterocycles. The molecule has 4 aliphatic heterocycles. The van der Waals surface area contributed by atoms with Gasteiger partial charge in [0.15, 0.2) is 11.5 Å². The quantitative estimate of drug-likeness (QED) is 0.0693. The molecule has 0 atom stereocenters. The lowest BCUT2D eigenvalue weighted by atomic mass is 9.91. The van der Waals surface area contributed by atoms with Crippen LogP contribution in [0.3, 0.4) is 0 Å². The van der Waals surface area contributed by atoms with Crippen LogP contribution in [0.15, 0.2) is 82.6 Å². The van der Waals surface area contributed by atoms with Crippen LogP contribution >= 0.6 is 11.8 Å². The number of sulfonamides is 2. The summed E-state index contributed by atoms with van der Waals surface area (Å²) in [7, 11) is -7.65. The Morgan fingerprint density at radius 3 is 1.32 bits per heavy atom. The van der Waals surface area contributed by atoms with Crippen molar-refractivity contribution in [1.29, 1.82) is 0 Å². The molecular formula is C52H52F6N4O12S3. The van der Waals surface area contributed by atoms with Gasteiger partial charge in [0.05, 0.1) is 35.8 Å². The van der Waals surface area contributed by atoms with Gasteiger partial charge in [0, 0.05) is 95.1 Å². The standard InChI is InChI=1S/C52H52F6N4O12S3/c1-3-76(67,68)59-49(65)33-17-23-61(24-18-33)43(63)15-9-31-7-13-41(47(51(53,54)55)45(31)37-5-11-39-35(29-37)21-27-71-73-39)75-42-14-8-32(10-16-44(64)62-25-19-34(20-26-62)50(66)60-77(69,70)4-2)46(48(42)52(56,57)58)38-6-12-40-36(30-38)22-28-72-74-40/h5-16,29-30,33-34H,3-4,17-28H2,1-2H3,(H,59,65)(H,60,66). The van der Waals surface area contributed by atoms with Gasteiger partial charge in [-0.3, -0.25) is 28.6 Å². The van der Waals surface area contributed by atoms with Crippen molar-refractivity contribution in [3.05, 3.63) is 106 Å². The van der Waals surface area contributed by atoms with Crippen LogP contribution in [0.2, 0.25) is 0 Å². The number of likely N-dealkylation sites (tertiary alicyclic amines) is 2. The number of carbonyl (C=O) groups excluding carboxylic acids is 4. The smallest absolute Gasteiger partial charge is 0.339 e. The van der Waals surface area contributed by atoms with Gasteiger partial charge < -0.3 is 19.6 Å². The first kappa shape index (κ1) is 56.8. The molecular weight excluding hydrogens is 1080 g/mol. The first-order valence-corrected chi connectivity index (χ1v) is 28.6. The number of alkyl halides is 6. The fourth-order valence-electron chi connectivity index (χ4n) is 9.36. The normalized spacial score (nSPS) is 16.9. The van der Waals surface area contributed by atoms with Crippen molar-refractivity contribution >= 4 is 67.6 Å². The van der Waals surface area contributed by atoms with Crippen molar-refractivity contribution < 1.29 is 81.9 Å². The van der Waals surface area contributed by atoms with Gasteiger partial charge in [0.2, 0.25) is 43.7 Å². The van der Waals surface area contributed by atoms with Crippen molar-refractivity contribution in [1.82, 2.24) is 19.2 Å². The second kappa shape index (κ2) is 23.3. The predicted octanol–water partition coefficient (Wildman–Crippen LogP) is 8.38. The lowest BCUT2D eigenvalue weighted by Crippen LogP contribution is -2.44. The Kier molecular flexibility index (Phi) is 17.2. The summed E-state index contributed by atoms with van der Waals surface area (Å²) in [5.74, 6) is -4.19. The molecule has 2 N–H and O–H groups in total. The van der Waals surface area contributed by atoms with Crippen LogP contribution in [-0.2, 0) is 74.2 Å². The van der Waals surface area contributed by atoms with Crippen LogP contribution in [0.4, 0.5) is 26.3 Å².